The van der Waals surface area contributed by atoms with Gasteiger partial charge in [0.1, 0.15) is 16.7 Å². The Kier molecular flexibility index (Phi) is 3.93. The van der Waals surface area contributed by atoms with Crippen LogP contribution >= 0.6 is 0 Å². The summed E-state index contributed by atoms with van der Waals surface area (Å²) < 4.78 is 26.5. The predicted octanol–water partition coefficient (Wildman–Crippen LogP) is 0.670. The van der Waals surface area contributed by atoms with Gasteiger partial charge in [0, 0.05) is 38.9 Å². The second-order valence-corrected chi connectivity index (χ2v) is 7.58. The highest BCUT2D eigenvalue weighted by Crippen LogP contribution is 2.30. The maximum atomic E-state index is 12.5. The molecule has 0 spiro atoms. The van der Waals surface area contributed by atoms with Crippen molar-refractivity contribution >= 4 is 10.0 Å². The van der Waals surface area contributed by atoms with Gasteiger partial charge in [0.25, 0.3) is 0 Å². The molecule has 7 heteroatoms. The van der Waals surface area contributed by atoms with Crippen LogP contribution < -0.4 is 0 Å². The van der Waals surface area contributed by atoms with Crippen LogP contribution in [0.25, 0.3) is 0 Å². The zero-order valence-electron chi connectivity index (χ0n) is 11.8. The van der Waals surface area contributed by atoms with Crippen LogP contribution in [0.1, 0.15) is 18.5 Å². The highest BCUT2D eigenvalue weighted by Gasteiger charge is 2.31. The molecule has 21 heavy (non-hydrogen) atoms. The van der Waals surface area contributed by atoms with Crippen LogP contribution in [0, 0.1) is 17.2 Å². The molecule has 1 aromatic rings. The van der Waals surface area contributed by atoms with E-state index in [1.165, 1.54) is 35.5 Å². The van der Waals surface area contributed by atoms with Crippen molar-refractivity contribution in [2.75, 3.05) is 32.7 Å². The summed E-state index contributed by atoms with van der Waals surface area (Å²) in [6.07, 6.45) is 3.90. The van der Waals surface area contributed by atoms with Gasteiger partial charge in [0.05, 0.1) is 0 Å². The molecule has 2 heterocycles. The normalized spacial score (nSPS) is 21.1. The highest BCUT2D eigenvalue weighted by molar-refractivity contribution is 7.89. The molecule has 3 rings (SSSR count). The van der Waals surface area contributed by atoms with Crippen LogP contribution in [0.4, 0.5) is 0 Å². The molecule has 2 aliphatic rings. The monoisotopic (exact) mass is 306 g/mol. The molecule has 112 valence electrons. The molecule has 0 radical (unpaired) electrons. The summed E-state index contributed by atoms with van der Waals surface area (Å²) in [5, 5.41) is 8.71. The number of nitriles is 1. The molecule has 0 unspecified atom stereocenters. The predicted molar refractivity (Wildman–Crippen MR) is 76.9 cm³/mol. The van der Waals surface area contributed by atoms with E-state index < -0.39 is 10.0 Å². The minimum absolute atomic E-state index is 0.164. The summed E-state index contributed by atoms with van der Waals surface area (Å²) in [6, 6.07) is 4.79. The average Bonchev–Trinajstić information content (AvgIpc) is 3.32. The van der Waals surface area contributed by atoms with Gasteiger partial charge in [-0.15, -0.1) is 0 Å². The van der Waals surface area contributed by atoms with Gasteiger partial charge in [-0.05, 0) is 30.9 Å². The SMILES string of the molecule is N#Cc1ccc(S(=O)(=O)N2CCN(CC3CC3)CC2)cn1. The van der Waals surface area contributed by atoms with Crippen molar-refractivity contribution in [1.82, 2.24) is 14.2 Å². The first-order chi connectivity index (χ1) is 10.1. The van der Waals surface area contributed by atoms with Gasteiger partial charge in [0.15, 0.2) is 0 Å². The Morgan fingerprint density at radius 1 is 1.24 bits per heavy atom. The molecular formula is C14H18N4O2S. The molecule has 1 aliphatic heterocycles. The fourth-order valence-electron chi connectivity index (χ4n) is 2.57. The number of rotatable bonds is 4. The third-order valence-electron chi connectivity index (χ3n) is 4.03. The molecule has 1 aliphatic carbocycles. The lowest BCUT2D eigenvalue weighted by Gasteiger charge is -2.33. The fourth-order valence-corrected chi connectivity index (χ4v) is 3.93. The third kappa shape index (κ3) is 3.23. The summed E-state index contributed by atoms with van der Waals surface area (Å²) in [5.74, 6) is 0.830. The third-order valence-corrected chi connectivity index (χ3v) is 5.92. The molecule has 0 aromatic carbocycles. The number of aromatic nitrogens is 1. The largest absolute Gasteiger partial charge is 0.300 e. The van der Waals surface area contributed by atoms with Crippen LogP contribution in [-0.2, 0) is 10.0 Å². The van der Waals surface area contributed by atoms with Crippen LogP contribution in [0.3, 0.4) is 0 Å². The molecule has 0 atom stereocenters. The first-order valence-electron chi connectivity index (χ1n) is 7.18. The Morgan fingerprint density at radius 3 is 2.48 bits per heavy atom. The highest BCUT2D eigenvalue weighted by atomic mass is 32.2. The molecule has 6 nitrogen and oxygen atoms in total. The van der Waals surface area contributed by atoms with Gasteiger partial charge in [-0.25, -0.2) is 13.4 Å². The maximum Gasteiger partial charge on any atom is 0.244 e. The van der Waals surface area contributed by atoms with Crippen molar-refractivity contribution in [2.45, 2.75) is 17.7 Å². The number of nitrogens with zero attached hydrogens (tertiary/aromatic N) is 4. The van der Waals surface area contributed by atoms with E-state index in [-0.39, 0.29) is 10.6 Å². The van der Waals surface area contributed by atoms with E-state index in [9.17, 15) is 8.42 Å². The van der Waals surface area contributed by atoms with Gasteiger partial charge < -0.3 is 4.90 Å². The second-order valence-electron chi connectivity index (χ2n) is 5.64. The van der Waals surface area contributed by atoms with E-state index in [0.29, 0.717) is 13.1 Å². The molecule has 1 aromatic heterocycles. The van der Waals surface area contributed by atoms with E-state index in [1.54, 1.807) is 0 Å². The van der Waals surface area contributed by atoms with E-state index in [2.05, 4.69) is 9.88 Å². The Bertz CT molecular complexity index is 639. The molecule has 1 saturated carbocycles. The summed E-state index contributed by atoms with van der Waals surface area (Å²) in [6.45, 7) is 3.73. The van der Waals surface area contributed by atoms with Crippen molar-refractivity contribution in [3.8, 4) is 6.07 Å². The minimum Gasteiger partial charge on any atom is -0.300 e. The number of piperazine rings is 1. The quantitative estimate of drug-likeness (QED) is 0.817. The molecule has 2 fully saturated rings. The standard InChI is InChI=1S/C14H18N4O2S/c15-9-13-3-4-14(10-16-13)21(19,20)18-7-5-17(6-8-18)11-12-1-2-12/h3-4,10,12H,1-2,5-8,11H2. The molecule has 0 N–H and O–H groups in total. The smallest absolute Gasteiger partial charge is 0.244 e. The second kappa shape index (κ2) is 5.72. The lowest BCUT2D eigenvalue weighted by Crippen LogP contribution is -2.49. The van der Waals surface area contributed by atoms with Gasteiger partial charge in [-0.1, -0.05) is 0 Å². The molecule has 0 bridgehead atoms. The summed E-state index contributed by atoms with van der Waals surface area (Å²) in [4.78, 5) is 6.36. The number of sulfonamides is 1. The summed E-state index contributed by atoms with van der Waals surface area (Å²) in [5.41, 5.74) is 0.225. The van der Waals surface area contributed by atoms with E-state index in [1.807, 2.05) is 6.07 Å². The Morgan fingerprint density at radius 2 is 1.95 bits per heavy atom. The fraction of sp³-hybridized carbons (Fsp3) is 0.571. The zero-order valence-corrected chi connectivity index (χ0v) is 12.6. The number of pyridine rings is 1. The molecule has 0 amide bonds. The van der Waals surface area contributed by atoms with Gasteiger partial charge in [0.2, 0.25) is 10.0 Å². The Hall–Kier alpha value is -1.49. The molecule has 1 saturated heterocycles. The van der Waals surface area contributed by atoms with E-state index in [0.717, 1.165) is 25.6 Å². The lowest BCUT2D eigenvalue weighted by atomic mass is 10.3. The van der Waals surface area contributed by atoms with Crippen molar-refractivity contribution in [2.24, 2.45) is 5.92 Å². The molecular weight excluding hydrogens is 288 g/mol. The first-order valence-corrected chi connectivity index (χ1v) is 8.62. The summed E-state index contributed by atoms with van der Waals surface area (Å²) in [7, 11) is -3.49. The number of hydrogen-bond donors (Lipinski definition) is 0. The van der Waals surface area contributed by atoms with Crippen molar-refractivity contribution in [1.29, 1.82) is 5.26 Å². The van der Waals surface area contributed by atoms with E-state index >= 15 is 0 Å². The van der Waals surface area contributed by atoms with Crippen LogP contribution in [0.15, 0.2) is 23.2 Å². The van der Waals surface area contributed by atoms with Crippen molar-refractivity contribution < 1.29 is 8.42 Å². The Balaban J connectivity index is 1.66. The maximum absolute atomic E-state index is 12.5. The topological polar surface area (TPSA) is 77.3 Å². The van der Waals surface area contributed by atoms with Gasteiger partial charge in [-0.3, -0.25) is 0 Å². The van der Waals surface area contributed by atoms with Crippen molar-refractivity contribution in [3.05, 3.63) is 24.0 Å². The van der Waals surface area contributed by atoms with Crippen molar-refractivity contribution in [3.63, 3.8) is 0 Å². The lowest BCUT2D eigenvalue weighted by molar-refractivity contribution is 0.182. The zero-order chi connectivity index (χ0) is 14.9. The number of hydrogen-bond acceptors (Lipinski definition) is 5. The van der Waals surface area contributed by atoms with E-state index in [4.69, 9.17) is 5.26 Å². The van der Waals surface area contributed by atoms with Gasteiger partial charge in [-0.2, -0.15) is 9.57 Å². The van der Waals surface area contributed by atoms with Crippen LogP contribution in [0.5, 0.6) is 0 Å². The Labute approximate surface area is 125 Å². The van der Waals surface area contributed by atoms with Crippen LogP contribution in [-0.4, -0.2) is 55.3 Å². The van der Waals surface area contributed by atoms with Crippen LogP contribution in [0.2, 0.25) is 0 Å². The summed E-state index contributed by atoms with van der Waals surface area (Å²) >= 11 is 0. The minimum atomic E-state index is -3.49. The average molecular weight is 306 g/mol. The first kappa shape index (κ1) is 14.4. The van der Waals surface area contributed by atoms with Gasteiger partial charge >= 0.3 is 0 Å².